The van der Waals surface area contributed by atoms with Crippen LogP contribution in [-0.4, -0.2) is 22.6 Å². The Morgan fingerprint density at radius 1 is 1.33 bits per heavy atom. The predicted molar refractivity (Wildman–Crippen MR) is 60.2 cm³/mol. The normalized spacial score (nSPS) is 11.9. The number of rotatable bonds is 5. The van der Waals surface area contributed by atoms with Crippen LogP contribution < -0.4 is 10.1 Å². The molecule has 1 heterocycles. The van der Waals surface area contributed by atoms with E-state index in [1.807, 2.05) is 13.8 Å². The van der Waals surface area contributed by atoms with E-state index in [9.17, 15) is 13.2 Å². The van der Waals surface area contributed by atoms with Crippen molar-refractivity contribution in [3.05, 3.63) is 17.6 Å². The Hall–Kier alpha value is -1.37. The summed E-state index contributed by atoms with van der Waals surface area (Å²) in [5.74, 6) is 0.0161. The van der Waals surface area contributed by atoms with Crippen LogP contribution in [0.4, 0.5) is 13.2 Å². The van der Waals surface area contributed by atoms with Gasteiger partial charge in [-0.3, -0.25) is 0 Å². The summed E-state index contributed by atoms with van der Waals surface area (Å²) in [5, 5.41) is 2.96. The van der Waals surface area contributed by atoms with Crippen molar-refractivity contribution >= 4 is 0 Å². The average Bonchev–Trinajstić information content (AvgIpc) is 2.25. The van der Waals surface area contributed by atoms with Crippen LogP contribution >= 0.6 is 0 Å². The standard InChI is InChI=1S/C11H16F3N3O/c1-4-18-10-5-8(11(12,13)14)16-9(17-10)6-15-7(2)3/h5,7,15H,4,6H2,1-3H3. The third-order valence-electron chi connectivity index (χ3n) is 2.00. The molecule has 0 spiro atoms. The van der Waals surface area contributed by atoms with Crippen LogP contribution in [0.1, 0.15) is 32.3 Å². The van der Waals surface area contributed by atoms with E-state index in [0.717, 1.165) is 6.07 Å². The van der Waals surface area contributed by atoms with E-state index in [1.165, 1.54) is 0 Å². The van der Waals surface area contributed by atoms with Gasteiger partial charge in [0, 0.05) is 12.1 Å². The van der Waals surface area contributed by atoms with E-state index in [2.05, 4.69) is 15.3 Å². The number of aromatic nitrogens is 2. The lowest BCUT2D eigenvalue weighted by Gasteiger charge is -2.12. The van der Waals surface area contributed by atoms with Crippen molar-refractivity contribution in [1.82, 2.24) is 15.3 Å². The molecule has 0 aromatic carbocycles. The topological polar surface area (TPSA) is 47.0 Å². The number of nitrogens with zero attached hydrogens (tertiary/aromatic N) is 2. The van der Waals surface area contributed by atoms with Gasteiger partial charge in [0.05, 0.1) is 13.2 Å². The highest BCUT2D eigenvalue weighted by Gasteiger charge is 2.33. The summed E-state index contributed by atoms with van der Waals surface area (Å²) in [7, 11) is 0. The maximum absolute atomic E-state index is 12.6. The Morgan fingerprint density at radius 3 is 2.50 bits per heavy atom. The first-order valence-electron chi connectivity index (χ1n) is 5.64. The van der Waals surface area contributed by atoms with Crippen LogP contribution in [0.25, 0.3) is 0 Å². The lowest BCUT2D eigenvalue weighted by Crippen LogP contribution is -2.24. The van der Waals surface area contributed by atoms with Gasteiger partial charge in [-0.15, -0.1) is 0 Å². The van der Waals surface area contributed by atoms with Gasteiger partial charge in [-0.05, 0) is 6.92 Å². The minimum atomic E-state index is -4.50. The van der Waals surface area contributed by atoms with E-state index in [4.69, 9.17) is 4.74 Å². The molecule has 0 unspecified atom stereocenters. The van der Waals surface area contributed by atoms with Gasteiger partial charge in [-0.1, -0.05) is 13.8 Å². The first-order valence-corrected chi connectivity index (χ1v) is 5.64. The molecule has 4 nitrogen and oxygen atoms in total. The number of ether oxygens (including phenoxy) is 1. The summed E-state index contributed by atoms with van der Waals surface area (Å²) in [6.45, 7) is 5.88. The Bertz CT molecular complexity index is 394. The second-order valence-corrected chi connectivity index (χ2v) is 3.97. The molecule has 0 saturated carbocycles. The molecule has 1 aromatic rings. The summed E-state index contributed by atoms with van der Waals surface area (Å²) >= 11 is 0. The number of nitrogens with one attached hydrogen (secondary N) is 1. The molecule has 0 fully saturated rings. The first kappa shape index (κ1) is 14.7. The second kappa shape index (κ2) is 5.99. The molecule has 0 aliphatic heterocycles. The summed E-state index contributed by atoms with van der Waals surface area (Å²) in [5.41, 5.74) is -0.985. The third-order valence-corrected chi connectivity index (χ3v) is 2.00. The fourth-order valence-electron chi connectivity index (χ4n) is 1.21. The molecule has 18 heavy (non-hydrogen) atoms. The molecule has 0 atom stereocenters. The van der Waals surface area contributed by atoms with E-state index in [0.29, 0.717) is 0 Å². The van der Waals surface area contributed by atoms with Crippen molar-refractivity contribution < 1.29 is 17.9 Å². The molecule has 1 aromatic heterocycles. The van der Waals surface area contributed by atoms with Crippen LogP contribution in [0.5, 0.6) is 5.88 Å². The second-order valence-electron chi connectivity index (χ2n) is 3.97. The molecule has 102 valence electrons. The Kier molecular flexibility index (Phi) is 4.89. The highest BCUT2D eigenvalue weighted by Crippen LogP contribution is 2.29. The largest absolute Gasteiger partial charge is 0.478 e. The van der Waals surface area contributed by atoms with Crippen LogP contribution in [0.3, 0.4) is 0 Å². The molecular weight excluding hydrogens is 247 g/mol. The lowest BCUT2D eigenvalue weighted by molar-refractivity contribution is -0.141. The Balaban J connectivity index is 2.98. The summed E-state index contributed by atoms with van der Waals surface area (Å²) < 4.78 is 42.9. The van der Waals surface area contributed by atoms with E-state index < -0.39 is 11.9 Å². The number of hydrogen-bond donors (Lipinski definition) is 1. The van der Waals surface area contributed by atoms with E-state index >= 15 is 0 Å². The van der Waals surface area contributed by atoms with Gasteiger partial charge in [0.15, 0.2) is 5.69 Å². The minimum Gasteiger partial charge on any atom is -0.478 e. The zero-order chi connectivity index (χ0) is 13.8. The third kappa shape index (κ3) is 4.48. The maximum atomic E-state index is 12.6. The monoisotopic (exact) mass is 263 g/mol. The molecule has 1 rings (SSSR count). The summed E-state index contributed by atoms with van der Waals surface area (Å²) in [4.78, 5) is 7.39. The first-order chi connectivity index (χ1) is 8.32. The molecule has 0 aliphatic carbocycles. The van der Waals surface area contributed by atoms with Gasteiger partial charge < -0.3 is 10.1 Å². The molecule has 0 radical (unpaired) electrons. The minimum absolute atomic E-state index is 0.0552. The fraction of sp³-hybridized carbons (Fsp3) is 0.636. The smallest absolute Gasteiger partial charge is 0.433 e. The van der Waals surface area contributed by atoms with E-state index in [-0.39, 0.29) is 30.9 Å². The number of alkyl halides is 3. The summed E-state index contributed by atoms with van der Waals surface area (Å²) in [6.07, 6.45) is -4.50. The molecule has 0 amide bonds. The molecule has 0 aliphatic rings. The van der Waals surface area contributed by atoms with Gasteiger partial charge in [0.1, 0.15) is 5.82 Å². The molecule has 0 bridgehead atoms. The van der Waals surface area contributed by atoms with Crippen LogP contribution in [0.2, 0.25) is 0 Å². The van der Waals surface area contributed by atoms with Crippen molar-refractivity contribution in [2.75, 3.05) is 6.61 Å². The van der Waals surface area contributed by atoms with Gasteiger partial charge in [0.2, 0.25) is 5.88 Å². The summed E-state index contributed by atoms with van der Waals surface area (Å²) in [6, 6.07) is 0.946. The zero-order valence-corrected chi connectivity index (χ0v) is 10.5. The molecule has 0 saturated heterocycles. The predicted octanol–water partition coefficient (Wildman–Crippen LogP) is 2.39. The number of halogens is 3. The number of hydrogen-bond acceptors (Lipinski definition) is 4. The molecule has 7 heteroatoms. The molecular formula is C11H16F3N3O. The van der Waals surface area contributed by atoms with Crippen LogP contribution in [-0.2, 0) is 12.7 Å². The van der Waals surface area contributed by atoms with Gasteiger partial charge in [-0.2, -0.15) is 18.2 Å². The van der Waals surface area contributed by atoms with Crippen LogP contribution in [0.15, 0.2) is 6.07 Å². The van der Waals surface area contributed by atoms with Crippen molar-refractivity contribution in [2.24, 2.45) is 0 Å². The lowest BCUT2D eigenvalue weighted by atomic mass is 10.3. The van der Waals surface area contributed by atoms with Crippen LogP contribution in [0, 0.1) is 0 Å². The van der Waals surface area contributed by atoms with Crippen molar-refractivity contribution in [3.8, 4) is 5.88 Å². The zero-order valence-electron chi connectivity index (χ0n) is 10.5. The highest BCUT2D eigenvalue weighted by molar-refractivity contribution is 5.18. The quantitative estimate of drug-likeness (QED) is 0.886. The van der Waals surface area contributed by atoms with Gasteiger partial charge in [0.25, 0.3) is 0 Å². The van der Waals surface area contributed by atoms with E-state index in [1.54, 1.807) is 6.92 Å². The Labute approximate surface area is 104 Å². The SMILES string of the molecule is CCOc1cc(C(F)(F)F)nc(CNC(C)C)n1. The fourth-order valence-corrected chi connectivity index (χ4v) is 1.21. The molecule has 1 N–H and O–H groups in total. The Morgan fingerprint density at radius 2 is 2.00 bits per heavy atom. The highest BCUT2D eigenvalue weighted by atomic mass is 19.4. The average molecular weight is 263 g/mol. The van der Waals surface area contributed by atoms with Gasteiger partial charge in [-0.25, -0.2) is 4.98 Å². The maximum Gasteiger partial charge on any atom is 0.433 e. The van der Waals surface area contributed by atoms with Crippen molar-refractivity contribution in [3.63, 3.8) is 0 Å². The van der Waals surface area contributed by atoms with Crippen molar-refractivity contribution in [1.29, 1.82) is 0 Å². The van der Waals surface area contributed by atoms with Crippen molar-refractivity contribution in [2.45, 2.75) is 39.5 Å². The van der Waals surface area contributed by atoms with Gasteiger partial charge >= 0.3 is 6.18 Å².